The molecule has 0 aromatic carbocycles. The fraction of sp³-hybridized carbons (Fsp3) is 0.200. The normalized spacial score (nSPS) is 9.44. The van der Waals surface area contributed by atoms with E-state index in [-0.39, 0.29) is 0 Å². The Kier molecular flexibility index (Phi) is 1.79. The van der Waals surface area contributed by atoms with Gasteiger partial charge >= 0.3 is 0 Å². The molecular formula is C5H6BN3. The summed E-state index contributed by atoms with van der Waals surface area (Å²) in [6.07, 6.45) is 3.07. The molecule has 0 atom stereocenters. The highest BCUT2D eigenvalue weighted by atomic mass is 14.9. The third-order valence-corrected chi connectivity index (χ3v) is 0.908. The van der Waals surface area contributed by atoms with Crippen LogP contribution in [0.15, 0.2) is 12.4 Å². The summed E-state index contributed by atoms with van der Waals surface area (Å²) in [5.41, 5.74) is 5.80. The third kappa shape index (κ3) is 1.50. The number of hydrogen-bond donors (Lipinski definition) is 1. The molecule has 0 aliphatic rings. The van der Waals surface area contributed by atoms with E-state index in [0.29, 0.717) is 17.8 Å². The van der Waals surface area contributed by atoms with Gasteiger partial charge in [-0.3, -0.25) is 0 Å². The molecule has 0 aliphatic carbocycles. The van der Waals surface area contributed by atoms with Crippen LogP contribution < -0.4 is 11.2 Å². The number of aromatic nitrogens is 2. The van der Waals surface area contributed by atoms with Gasteiger partial charge in [-0.25, -0.2) is 9.97 Å². The molecule has 0 fully saturated rings. The highest BCUT2D eigenvalue weighted by Crippen LogP contribution is 1.79. The first-order valence-corrected chi connectivity index (χ1v) is 2.59. The van der Waals surface area contributed by atoms with Crippen LogP contribution in [-0.4, -0.2) is 17.8 Å². The van der Waals surface area contributed by atoms with Crippen molar-refractivity contribution in [3.05, 3.63) is 18.2 Å². The fourth-order valence-corrected chi connectivity index (χ4v) is 0.470. The molecule has 4 heteroatoms. The maximum absolute atomic E-state index is 5.32. The predicted octanol–water partition coefficient (Wildman–Crippen LogP) is -1.27. The van der Waals surface area contributed by atoms with Crippen LogP contribution in [0.25, 0.3) is 0 Å². The molecule has 1 heterocycles. The first kappa shape index (κ1) is 6.23. The summed E-state index contributed by atoms with van der Waals surface area (Å²) in [6.45, 7) is 0.361. The molecule has 1 rings (SSSR count). The molecule has 0 amide bonds. The molecule has 1 aromatic rings. The van der Waals surface area contributed by atoms with E-state index >= 15 is 0 Å². The SMILES string of the molecule is [B]c1cnc(CN)nc1. The summed E-state index contributed by atoms with van der Waals surface area (Å²) in [5, 5.41) is 0. The minimum Gasteiger partial charge on any atom is -0.324 e. The number of rotatable bonds is 1. The van der Waals surface area contributed by atoms with Gasteiger partial charge in [-0.05, 0) is 0 Å². The predicted molar refractivity (Wildman–Crippen MR) is 35.3 cm³/mol. The molecule has 0 aliphatic heterocycles. The van der Waals surface area contributed by atoms with E-state index in [1.54, 1.807) is 0 Å². The lowest BCUT2D eigenvalue weighted by atomic mass is 10.0. The van der Waals surface area contributed by atoms with E-state index in [4.69, 9.17) is 13.6 Å². The minimum atomic E-state index is 0.361. The Balaban J connectivity index is 2.88. The Morgan fingerprint density at radius 1 is 1.44 bits per heavy atom. The third-order valence-electron chi connectivity index (χ3n) is 0.908. The lowest BCUT2D eigenvalue weighted by Crippen LogP contribution is -2.09. The van der Waals surface area contributed by atoms with Gasteiger partial charge in [0.1, 0.15) is 13.7 Å². The van der Waals surface area contributed by atoms with Crippen molar-refractivity contribution in [2.24, 2.45) is 5.73 Å². The summed E-state index contributed by atoms with van der Waals surface area (Å²) in [6, 6.07) is 0. The first-order chi connectivity index (χ1) is 4.33. The summed E-state index contributed by atoms with van der Waals surface area (Å²) < 4.78 is 0. The van der Waals surface area contributed by atoms with Gasteiger partial charge in [-0.1, -0.05) is 5.46 Å². The molecule has 44 valence electrons. The van der Waals surface area contributed by atoms with E-state index in [1.807, 2.05) is 0 Å². The van der Waals surface area contributed by atoms with E-state index in [9.17, 15) is 0 Å². The standard InChI is InChI=1S/C5H6BN3/c6-4-2-8-5(1-7)9-3-4/h2-3H,1,7H2. The maximum Gasteiger partial charge on any atom is 0.141 e. The molecule has 3 nitrogen and oxygen atoms in total. The van der Waals surface area contributed by atoms with E-state index in [2.05, 4.69) is 9.97 Å². The van der Waals surface area contributed by atoms with Crippen LogP contribution >= 0.6 is 0 Å². The van der Waals surface area contributed by atoms with Gasteiger partial charge in [0.05, 0.1) is 6.54 Å². The summed E-state index contributed by atoms with van der Waals surface area (Å²) in [5.74, 6) is 0.615. The Labute approximate surface area is 54.7 Å². The molecule has 0 saturated carbocycles. The second-order valence-corrected chi connectivity index (χ2v) is 1.64. The van der Waals surface area contributed by atoms with Gasteiger partial charge in [-0.15, -0.1) is 0 Å². The maximum atomic E-state index is 5.32. The van der Waals surface area contributed by atoms with Crippen molar-refractivity contribution in [2.45, 2.75) is 6.54 Å². The molecular weight excluding hydrogens is 113 g/mol. The average Bonchev–Trinajstić information content (AvgIpc) is 1.90. The van der Waals surface area contributed by atoms with E-state index in [0.717, 1.165) is 0 Å². The Morgan fingerprint density at radius 2 is 2.00 bits per heavy atom. The van der Waals surface area contributed by atoms with Crippen LogP contribution in [0.4, 0.5) is 0 Å². The largest absolute Gasteiger partial charge is 0.324 e. The summed E-state index contributed by atoms with van der Waals surface area (Å²) >= 11 is 0. The van der Waals surface area contributed by atoms with Crippen LogP contribution in [0, 0.1) is 0 Å². The molecule has 9 heavy (non-hydrogen) atoms. The van der Waals surface area contributed by atoms with E-state index in [1.165, 1.54) is 12.4 Å². The van der Waals surface area contributed by atoms with Crippen molar-refractivity contribution in [3.63, 3.8) is 0 Å². The highest BCUT2D eigenvalue weighted by molar-refractivity contribution is 6.31. The quantitative estimate of drug-likeness (QED) is 0.469. The summed E-state index contributed by atoms with van der Waals surface area (Å²) in [4.78, 5) is 7.67. The van der Waals surface area contributed by atoms with Gasteiger partial charge in [0.25, 0.3) is 0 Å². The van der Waals surface area contributed by atoms with Crippen LogP contribution in [0.5, 0.6) is 0 Å². The van der Waals surface area contributed by atoms with E-state index < -0.39 is 0 Å². The molecule has 0 spiro atoms. The molecule has 2 N–H and O–H groups in total. The lowest BCUT2D eigenvalue weighted by Gasteiger charge is -1.92. The van der Waals surface area contributed by atoms with Crippen molar-refractivity contribution < 1.29 is 0 Å². The van der Waals surface area contributed by atoms with Crippen LogP contribution in [-0.2, 0) is 6.54 Å². The van der Waals surface area contributed by atoms with Gasteiger partial charge in [0.2, 0.25) is 0 Å². The Hall–Kier alpha value is -0.895. The Morgan fingerprint density at radius 3 is 2.44 bits per heavy atom. The minimum absolute atomic E-state index is 0.361. The first-order valence-electron chi connectivity index (χ1n) is 2.59. The number of nitrogens with two attached hydrogens (primary N) is 1. The van der Waals surface area contributed by atoms with Crippen molar-refractivity contribution in [1.29, 1.82) is 0 Å². The van der Waals surface area contributed by atoms with Gasteiger partial charge in [0.15, 0.2) is 0 Å². The van der Waals surface area contributed by atoms with Crippen LogP contribution in [0.3, 0.4) is 0 Å². The van der Waals surface area contributed by atoms with Gasteiger partial charge in [0, 0.05) is 12.4 Å². The van der Waals surface area contributed by atoms with Crippen molar-refractivity contribution in [1.82, 2.24) is 9.97 Å². The second kappa shape index (κ2) is 2.59. The zero-order chi connectivity index (χ0) is 6.69. The topological polar surface area (TPSA) is 51.8 Å². The second-order valence-electron chi connectivity index (χ2n) is 1.64. The van der Waals surface area contributed by atoms with Crippen LogP contribution in [0.1, 0.15) is 5.82 Å². The van der Waals surface area contributed by atoms with Crippen molar-refractivity contribution in [2.75, 3.05) is 0 Å². The molecule has 2 radical (unpaired) electrons. The zero-order valence-electron chi connectivity index (χ0n) is 4.91. The summed E-state index contributed by atoms with van der Waals surface area (Å²) in [7, 11) is 5.32. The molecule has 0 saturated heterocycles. The molecule has 1 aromatic heterocycles. The fourth-order valence-electron chi connectivity index (χ4n) is 0.470. The number of hydrogen-bond acceptors (Lipinski definition) is 3. The van der Waals surface area contributed by atoms with Crippen molar-refractivity contribution >= 4 is 13.3 Å². The highest BCUT2D eigenvalue weighted by Gasteiger charge is 1.88. The van der Waals surface area contributed by atoms with Crippen LogP contribution in [0.2, 0.25) is 0 Å². The average molecular weight is 119 g/mol. The van der Waals surface area contributed by atoms with Crippen molar-refractivity contribution in [3.8, 4) is 0 Å². The Bertz CT molecular complexity index is 184. The van der Waals surface area contributed by atoms with Gasteiger partial charge in [-0.2, -0.15) is 0 Å². The lowest BCUT2D eigenvalue weighted by molar-refractivity contribution is 0.913. The number of nitrogens with zero attached hydrogens (tertiary/aromatic N) is 2. The smallest absolute Gasteiger partial charge is 0.141 e. The zero-order valence-corrected chi connectivity index (χ0v) is 4.91. The molecule has 0 bridgehead atoms. The van der Waals surface area contributed by atoms with Gasteiger partial charge < -0.3 is 5.73 Å². The monoisotopic (exact) mass is 119 g/mol. The molecule has 0 unspecified atom stereocenters.